The van der Waals surface area contributed by atoms with Crippen molar-refractivity contribution in [3.05, 3.63) is 64.1 Å². The second kappa shape index (κ2) is 9.64. The zero-order valence-corrected chi connectivity index (χ0v) is 15.3. The Morgan fingerprint density at radius 1 is 1.33 bits per heavy atom. The van der Waals surface area contributed by atoms with Gasteiger partial charge in [-0.15, -0.1) is 11.7 Å². The van der Waals surface area contributed by atoms with Crippen LogP contribution in [0.3, 0.4) is 0 Å². The Kier molecular flexibility index (Phi) is 7.52. The van der Waals surface area contributed by atoms with Crippen LogP contribution in [0, 0.1) is 6.92 Å². The Balaban J connectivity index is 1.88. The van der Waals surface area contributed by atoms with Gasteiger partial charge in [0.25, 0.3) is 0 Å². The van der Waals surface area contributed by atoms with E-state index in [1.807, 2.05) is 13.0 Å². The standard InChI is InChI=1S/C16H16Cl2N4OS/c1-3-8-24-16-20-15(11(2)21-22-16)6-7-19-23-10-12-4-5-13(17)9-14(12)18/h3-7,9,19H,1,8,10H2,2H3. The van der Waals surface area contributed by atoms with Crippen molar-refractivity contribution in [1.29, 1.82) is 0 Å². The van der Waals surface area contributed by atoms with Crippen molar-refractivity contribution in [3.63, 3.8) is 0 Å². The highest BCUT2D eigenvalue weighted by Gasteiger charge is 2.03. The molecule has 8 heteroatoms. The smallest absolute Gasteiger partial charge is 0.209 e. The van der Waals surface area contributed by atoms with Gasteiger partial charge in [0.2, 0.25) is 5.16 Å². The summed E-state index contributed by atoms with van der Waals surface area (Å²) < 4.78 is 0. The van der Waals surface area contributed by atoms with Crippen LogP contribution in [0.25, 0.3) is 6.08 Å². The molecule has 0 saturated heterocycles. The summed E-state index contributed by atoms with van der Waals surface area (Å²) in [5.74, 6) is 0.733. The van der Waals surface area contributed by atoms with Crippen molar-refractivity contribution in [2.75, 3.05) is 5.75 Å². The molecule has 0 radical (unpaired) electrons. The van der Waals surface area contributed by atoms with Gasteiger partial charge in [-0.3, -0.25) is 10.3 Å². The minimum Gasteiger partial charge on any atom is -0.274 e. The van der Waals surface area contributed by atoms with Crippen LogP contribution < -0.4 is 5.48 Å². The molecule has 0 atom stereocenters. The average Bonchev–Trinajstić information content (AvgIpc) is 2.56. The van der Waals surface area contributed by atoms with Crippen molar-refractivity contribution in [2.45, 2.75) is 18.7 Å². The van der Waals surface area contributed by atoms with E-state index in [1.54, 1.807) is 30.5 Å². The summed E-state index contributed by atoms with van der Waals surface area (Å²) in [6.07, 6.45) is 5.20. The van der Waals surface area contributed by atoms with Gasteiger partial charge in [0, 0.05) is 22.0 Å². The maximum Gasteiger partial charge on any atom is 0.209 e. The van der Waals surface area contributed by atoms with E-state index in [4.69, 9.17) is 28.0 Å². The number of aromatic nitrogens is 3. The topological polar surface area (TPSA) is 59.9 Å². The normalized spacial score (nSPS) is 11.0. The molecule has 126 valence electrons. The van der Waals surface area contributed by atoms with E-state index in [0.29, 0.717) is 21.8 Å². The number of thioether (sulfide) groups is 1. The molecule has 0 fully saturated rings. The van der Waals surface area contributed by atoms with Crippen molar-refractivity contribution in [3.8, 4) is 0 Å². The summed E-state index contributed by atoms with van der Waals surface area (Å²) >= 11 is 13.4. The first-order valence-electron chi connectivity index (χ1n) is 7.03. The molecule has 1 N–H and O–H groups in total. The zero-order chi connectivity index (χ0) is 17.4. The number of nitrogens with zero attached hydrogens (tertiary/aromatic N) is 3. The number of rotatable bonds is 8. The van der Waals surface area contributed by atoms with Gasteiger partial charge >= 0.3 is 0 Å². The molecule has 2 aromatic rings. The highest BCUT2D eigenvalue weighted by atomic mass is 35.5. The molecular weight excluding hydrogens is 367 g/mol. The van der Waals surface area contributed by atoms with Gasteiger partial charge in [0.05, 0.1) is 11.4 Å². The largest absolute Gasteiger partial charge is 0.274 e. The van der Waals surface area contributed by atoms with Crippen molar-refractivity contribution < 1.29 is 4.84 Å². The van der Waals surface area contributed by atoms with Gasteiger partial charge in [-0.25, -0.2) is 4.98 Å². The predicted molar refractivity (Wildman–Crippen MR) is 98.9 cm³/mol. The average molecular weight is 383 g/mol. The van der Waals surface area contributed by atoms with Crippen LogP contribution in [0.5, 0.6) is 0 Å². The van der Waals surface area contributed by atoms with E-state index >= 15 is 0 Å². The fourth-order valence-corrected chi connectivity index (χ4v) is 2.64. The first-order valence-corrected chi connectivity index (χ1v) is 8.77. The number of hydroxylamine groups is 1. The molecule has 1 aromatic heterocycles. The van der Waals surface area contributed by atoms with Gasteiger partial charge in [0.15, 0.2) is 0 Å². The minimum atomic E-state index is 0.307. The van der Waals surface area contributed by atoms with Crippen LogP contribution in [0.1, 0.15) is 17.0 Å². The molecule has 1 heterocycles. The molecule has 5 nitrogen and oxygen atoms in total. The van der Waals surface area contributed by atoms with E-state index in [0.717, 1.165) is 22.7 Å². The lowest BCUT2D eigenvalue weighted by Crippen LogP contribution is -2.07. The van der Waals surface area contributed by atoms with Crippen LogP contribution in [0.4, 0.5) is 0 Å². The third-order valence-corrected chi connectivity index (χ3v) is 4.26. The lowest BCUT2D eigenvalue weighted by Gasteiger charge is -2.05. The van der Waals surface area contributed by atoms with Crippen LogP contribution in [0.15, 0.2) is 42.2 Å². The monoisotopic (exact) mass is 382 g/mol. The SMILES string of the molecule is C=CCSc1nnc(C)c(C=CNOCc2ccc(Cl)cc2Cl)n1. The Morgan fingerprint density at radius 3 is 2.92 bits per heavy atom. The second-order valence-electron chi connectivity index (χ2n) is 4.64. The maximum atomic E-state index is 6.07. The van der Waals surface area contributed by atoms with E-state index in [1.165, 1.54) is 11.8 Å². The summed E-state index contributed by atoms with van der Waals surface area (Å²) in [6.45, 7) is 5.82. The third kappa shape index (κ3) is 5.79. The number of halogens is 2. The van der Waals surface area contributed by atoms with Gasteiger partial charge < -0.3 is 0 Å². The Labute approximate surface area is 155 Å². The lowest BCUT2D eigenvalue weighted by molar-refractivity contribution is 0.0582. The van der Waals surface area contributed by atoms with Crippen molar-refractivity contribution in [1.82, 2.24) is 20.7 Å². The number of hydrogen-bond acceptors (Lipinski definition) is 6. The summed E-state index contributed by atoms with van der Waals surface area (Å²) in [4.78, 5) is 9.76. The number of nitrogens with one attached hydrogen (secondary N) is 1. The van der Waals surface area contributed by atoms with E-state index < -0.39 is 0 Å². The Morgan fingerprint density at radius 2 is 2.17 bits per heavy atom. The van der Waals surface area contributed by atoms with E-state index in [2.05, 4.69) is 27.2 Å². The molecule has 24 heavy (non-hydrogen) atoms. The maximum absolute atomic E-state index is 6.07. The highest BCUT2D eigenvalue weighted by Crippen LogP contribution is 2.21. The summed E-state index contributed by atoms with van der Waals surface area (Å²) in [6, 6.07) is 5.26. The quantitative estimate of drug-likeness (QED) is 0.314. The van der Waals surface area contributed by atoms with Crippen LogP contribution in [-0.2, 0) is 11.4 Å². The third-order valence-electron chi connectivity index (χ3n) is 2.84. The van der Waals surface area contributed by atoms with Crippen molar-refractivity contribution >= 4 is 41.0 Å². The number of benzene rings is 1. The summed E-state index contributed by atoms with van der Waals surface area (Å²) in [5.41, 5.74) is 5.02. The molecule has 0 saturated carbocycles. The Bertz CT molecular complexity index is 740. The molecule has 0 spiro atoms. The zero-order valence-electron chi connectivity index (χ0n) is 13.0. The summed E-state index contributed by atoms with van der Waals surface area (Å²) in [7, 11) is 0. The number of hydrogen-bond donors (Lipinski definition) is 1. The fraction of sp³-hybridized carbons (Fsp3) is 0.188. The van der Waals surface area contributed by atoms with Gasteiger partial charge in [0.1, 0.15) is 6.61 Å². The molecular formula is C16H16Cl2N4OS. The minimum absolute atomic E-state index is 0.307. The molecule has 0 aliphatic rings. The van der Waals surface area contributed by atoms with Crippen LogP contribution in [-0.4, -0.2) is 20.9 Å². The molecule has 0 amide bonds. The highest BCUT2D eigenvalue weighted by molar-refractivity contribution is 7.99. The predicted octanol–water partition coefficient (Wildman–Crippen LogP) is 4.46. The number of aryl methyl sites for hydroxylation is 1. The van der Waals surface area contributed by atoms with Crippen LogP contribution in [0.2, 0.25) is 10.0 Å². The second-order valence-corrected chi connectivity index (χ2v) is 6.47. The first kappa shape index (κ1) is 18.7. The fourth-order valence-electron chi connectivity index (χ4n) is 1.65. The molecule has 0 unspecified atom stereocenters. The molecule has 0 aliphatic heterocycles. The molecule has 1 aromatic carbocycles. The van der Waals surface area contributed by atoms with Crippen LogP contribution >= 0.6 is 35.0 Å². The Hall–Kier alpha value is -1.60. The van der Waals surface area contributed by atoms with E-state index in [-0.39, 0.29) is 0 Å². The van der Waals surface area contributed by atoms with Gasteiger partial charge in [-0.05, 0) is 30.7 Å². The van der Waals surface area contributed by atoms with Crippen molar-refractivity contribution in [2.24, 2.45) is 0 Å². The van der Waals surface area contributed by atoms with Gasteiger partial charge in [-0.1, -0.05) is 47.1 Å². The first-order chi connectivity index (χ1) is 11.6. The molecule has 0 bridgehead atoms. The summed E-state index contributed by atoms with van der Waals surface area (Å²) in [5, 5.41) is 9.86. The lowest BCUT2D eigenvalue weighted by atomic mass is 10.2. The van der Waals surface area contributed by atoms with Gasteiger partial charge in [-0.2, -0.15) is 5.10 Å². The molecule has 0 aliphatic carbocycles. The molecule has 2 rings (SSSR count). The van der Waals surface area contributed by atoms with E-state index in [9.17, 15) is 0 Å².